The van der Waals surface area contributed by atoms with Crippen LogP contribution < -0.4 is 16.4 Å². The first-order valence-corrected chi connectivity index (χ1v) is 5.99. The molecule has 6 nitrogen and oxygen atoms in total. The lowest BCUT2D eigenvalue weighted by molar-refractivity contribution is 0.0366. The second-order valence-corrected chi connectivity index (χ2v) is 4.08. The van der Waals surface area contributed by atoms with Crippen LogP contribution in [0.25, 0.3) is 0 Å². The van der Waals surface area contributed by atoms with Gasteiger partial charge in [-0.3, -0.25) is 4.79 Å². The predicted molar refractivity (Wildman–Crippen MR) is 75.4 cm³/mol. The Kier molecular flexibility index (Phi) is 6.11. The molecule has 6 heteroatoms. The zero-order valence-electron chi connectivity index (χ0n) is 11.5. The molecule has 4 N–H and O–H groups in total. The maximum Gasteiger partial charge on any atom is 0.251 e. The van der Waals surface area contributed by atoms with Crippen LogP contribution in [0.5, 0.6) is 0 Å². The number of carbonyl (C=O) groups excluding carboxylic acids is 1. The number of carbonyl (C=O) groups is 1. The number of nitrogen functional groups attached to an aromatic ring is 1. The molecule has 1 atom stereocenters. The zero-order chi connectivity index (χ0) is 14.3. The number of amides is 1. The molecule has 106 valence electrons. The highest BCUT2D eigenvalue weighted by Gasteiger charge is 2.10. The molecule has 0 fully saturated rings. The first kappa shape index (κ1) is 15.3. The van der Waals surface area contributed by atoms with Gasteiger partial charge in [-0.15, -0.1) is 0 Å². The van der Waals surface area contributed by atoms with E-state index in [4.69, 9.17) is 15.2 Å². The van der Waals surface area contributed by atoms with Crippen LogP contribution >= 0.6 is 0 Å². The molecule has 19 heavy (non-hydrogen) atoms. The lowest BCUT2D eigenvalue weighted by Crippen LogP contribution is -2.27. The topological polar surface area (TPSA) is 85.6 Å². The summed E-state index contributed by atoms with van der Waals surface area (Å²) in [5, 5.41) is 5.73. The molecule has 1 rings (SSSR count). The molecule has 1 aromatic rings. The van der Waals surface area contributed by atoms with Crippen molar-refractivity contribution in [1.82, 2.24) is 5.32 Å². The third-order valence-corrected chi connectivity index (χ3v) is 2.75. The Morgan fingerprint density at radius 1 is 1.42 bits per heavy atom. The fourth-order valence-corrected chi connectivity index (χ4v) is 1.61. The highest BCUT2D eigenvalue weighted by atomic mass is 16.5. The van der Waals surface area contributed by atoms with Crippen molar-refractivity contribution in [3.63, 3.8) is 0 Å². The average molecular weight is 267 g/mol. The van der Waals surface area contributed by atoms with Crippen LogP contribution in [0.2, 0.25) is 0 Å². The van der Waals surface area contributed by atoms with Crippen molar-refractivity contribution in [3.05, 3.63) is 23.8 Å². The van der Waals surface area contributed by atoms with Crippen molar-refractivity contribution in [2.24, 2.45) is 0 Å². The van der Waals surface area contributed by atoms with Gasteiger partial charge in [0.25, 0.3) is 5.91 Å². The number of hydrogen-bond donors (Lipinski definition) is 3. The molecule has 0 aliphatic carbocycles. The first-order chi connectivity index (χ1) is 9.12. The molecule has 0 aliphatic heterocycles. The summed E-state index contributed by atoms with van der Waals surface area (Å²) in [5.41, 5.74) is 7.71. The standard InChI is InChI=1S/C13H21N3O3/c1-15-13(17)9-4-5-11(14)12(6-9)16-7-10(19-3)8-18-2/h4-6,10,16H,7-8,14H2,1-3H3,(H,15,17). The van der Waals surface area contributed by atoms with Gasteiger partial charge in [0.2, 0.25) is 0 Å². The molecule has 1 unspecified atom stereocenters. The van der Waals surface area contributed by atoms with Gasteiger partial charge >= 0.3 is 0 Å². The summed E-state index contributed by atoms with van der Waals surface area (Å²) >= 11 is 0. The van der Waals surface area contributed by atoms with Crippen LogP contribution in [0, 0.1) is 0 Å². The summed E-state index contributed by atoms with van der Waals surface area (Å²) in [5.74, 6) is -0.150. The van der Waals surface area contributed by atoms with Gasteiger partial charge in [0.05, 0.1) is 24.1 Å². The molecule has 1 amide bonds. The van der Waals surface area contributed by atoms with Crippen molar-refractivity contribution in [2.75, 3.05) is 45.5 Å². The van der Waals surface area contributed by atoms with Crippen molar-refractivity contribution >= 4 is 17.3 Å². The van der Waals surface area contributed by atoms with Crippen LogP contribution in [0.3, 0.4) is 0 Å². The largest absolute Gasteiger partial charge is 0.397 e. The molecule has 0 bridgehead atoms. The normalized spacial score (nSPS) is 11.9. The molecule has 0 radical (unpaired) electrons. The van der Waals surface area contributed by atoms with E-state index < -0.39 is 0 Å². The minimum absolute atomic E-state index is 0.0759. The third kappa shape index (κ3) is 4.42. The van der Waals surface area contributed by atoms with Gasteiger partial charge in [0.1, 0.15) is 0 Å². The van der Waals surface area contributed by atoms with Crippen molar-refractivity contribution < 1.29 is 14.3 Å². The Balaban J connectivity index is 2.74. The fraction of sp³-hybridized carbons (Fsp3) is 0.462. The molecular weight excluding hydrogens is 246 g/mol. The maximum absolute atomic E-state index is 11.5. The van der Waals surface area contributed by atoms with E-state index >= 15 is 0 Å². The number of nitrogens with one attached hydrogen (secondary N) is 2. The van der Waals surface area contributed by atoms with Crippen LogP contribution in [0.1, 0.15) is 10.4 Å². The van der Waals surface area contributed by atoms with Crippen LogP contribution in [0.4, 0.5) is 11.4 Å². The summed E-state index contributed by atoms with van der Waals surface area (Å²) < 4.78 is 10.3. The number of rotatable bonds is 7. The Labute approximate surface area is 113 Å². The molecule has 0 spiro atoms. The third-order valence-electron chi connectivity index (χ3n) is 2.75. The van der Waals surface area contributed by atoms with Crippen molar-refractivity contribution in [2.45, 2.75) is 6.10 Å². The van der Waals surface area contributed by atoms with Gasteiger partial charge in [0.15, 0.2) is 0 Å². The minimum Gasteiger partial charge on any atom is -0.397 e. The van der Waals surface area contributed by atoms with Gasteiger partial charge < -0.3 is 25.8 Å². The van der Waals surface area contributed by atoms with Crippen LogP contribution in [-0.2, 0) is 9.47 Å². The van der Waals surface area contributed by atoms with E-state index in [9.17, 15) is 4.79 Å². The quantitative estimate of drug-likeness (QED) is 0.633. The van der Waals surface area contributed by atoms with Crippen molar-refractivity contribution in [3.8, 4) is 0 Å². The van der Waals surface area contributed by atoms with Crippen LogP contribution in [0.15, 0.2) is 18.2 Å². The lowest BCUT2D eigenvalue weighted by atomic mass is 10.1. The average Bonchev–Trinajstić information content (AvgIpc) is 2.44. The van der Waals surface area contributed by atoms with Gasteiger partial charge in [-0.25, -0.2) is 0 Å². The van der Waals surface area contributed by atoms with E-state index in [0.717, 1.165) is 0 Å². The number of ether oxygens (including phenoxy) is 2. The Bertz CT molecular complexity index is 424. The molecule has 1 aromatic carbocycles. The highest BCUT2D eigenvalue weighted by Crippen LogP contribution is 2.20. The summed E-state index contributed by atoms with van der Waals surface area (Å²) in [7, 11) is 4.83. The first-order valence-electron chi connectivity index (χ1n) is 5.99. The van der Waals surface area contributed by atoms with Crippen molar-refractivity contribution in [1.29, 1.82) is 0 Å². The van der Waals surface area contributed by atoms with Gasteiger partial charge in [0, 0.05) is 33.4 Å². The summed E-state index contributed by atoms with van der Waals surface area (Å²) in [6.07, 6.45) is -0.0759. The summed E-state index contributed by atoms with van der Waals surface area (Å²) in [4.78, 5) is 11.5. The summed E-state index contributed by atoms with van der Waals surface area (Å²) in [6.45, 7) is 1.03. The van der Waals surface area contributed by atoms with Gasteiger partial charge in [-0.1, -0.05) is 0 Å². The molecule has 0 aromatic heterocycles. The van der Waals surface area contributed by atoms with E-state index in [2.05, 4.69) is 10.6 Å². The molecule has 0 saturated heterocycles. The Hall–Kier alpha value is -1.79. The number of anilines is 2. The number of methoxy groups -OCH3 is 2. The molecule has 0 heterocycles. The Morgan fingerprint density at radius 3 is 2.74 bits per heavy atom. The second-order valence-electron chi connectivity index (χ2n) is 4.08. The number of hydrogen-bond acceptors (Lipinski definition) is 5. The van der Waals surface area contributed by atoms with E-state index in [1.807, 2.05) is 0 Å². The van der Waals surface area contributed by atoms with E-state index in [-0.39, 0.29) is 12.0 Å². The molecule has 0 saturated carbocycles. The smallest absolute Gasteiger partial charge is 0.251 e. The molecule has 0 aliphatic rings. The van der Waals surface area contributed by atoms with E-state index in [0.29, 0.717) is 30.1 Å². The lowest BCUT2D eigenvalue weighted by Gasteiger charge is -2.17. The zero-order valence-corrected chi connectivity index (χ0v) is 11.5. The number of benzene rings is 1. The SMILES string of the molecule is CNC(=O)c1ccc(N)c(NCC(COC)OC)c1. The van der Waals surface area contributed by atoms with Gasteiger partial charge in [-0.05, 0) is 18.2 Å². The highest BCUT2D eigenvalue weighted by molar-refractivity contribution is 5.96. The number of nitrogens with two attached hydrogens (primary N) is 1. The predicted octanol–water partition coefficient (Wildman–Crippen LogP) is 0.702. The van der Waals surface area contributed by atoms with E-state index in [1.165, 1.54) is 0 Å². The maximum atomic E-state index is 11.5. The fourth-order valence-electron chi connectivity index (χ4n) is 1.61. The van der Waals surface area contributed by atoms with Crippen LogP contribution in [-0.4, -0.2) is 46.4 Å². The Morgan fingerprint density at radius 2 is 2.16 bits per heavy atom. The molecular formula is C13H21N3O3. The summed E-state index contributed by atoms with van der Waals surface area (Å²) in [6, 6.07) is 5.10. The van der Waals surface area contributed by atoms with Gasteiger partial charge in [-0.2, -0.15) is 0 Å². The van der Waals surface area contributed by atoms with E-state index in [1.54, 1.807) is 39.5 Å². The second kappa shape index (κ2) is 7.60. The monoisotopic (exact) mass is 267 g/mol. The minimum atomic E-state index is -0.150.